The quantitative estimate of drug-likeness (QED) is 0.227. The van der Waals surface area contributed by atoms with Gasteiger partial charge in [0, 0.05) is 44.4 Å². The summed E-state index contributed by atoms with van der Waals surface area (Å²) in [5.74, 6) is 0.776. The molecule has 0 fully saturated rings. The van der Waals surface area contributed by atoms with Crippen LogP contribution in [0.2, 0.25) is 0 Å². The van der Waals surface area contributed by atoms with Gasteiger partial charge in [-0.05, 0) is 63.3 Å². The molecule has 0 aliphatic carbocycles. The molecule has 10 heteroatoms. The van der Waals surface area contributed by atoms with Crippen LogP contribution in [-0.4, -0.2) is 49.4 Å². The summed E-state index contributed by atoms with van der Waals surface area (Å²) in [4.78, 5) is 26.1. The molecular formula is C28H46N7O3+. The zero-order valence-electron chi connectivity index (χ0n) is 24.4. The molecule has 0 saturated heterocycles. The molecular weight excluding hydrogens is 482 g/mol. The number of hydrogen-bond acceptors (Lipinski definition) is 6. The van der Waals surface area contributed by atoms with Gasteiger partial charge in [-0.2, -0.15) is 0 Å². The number of aromatic nitrogens is 2. The minimum absolute atomic E-state index is 0.0350. The summed E-state index contributed by atoms with van der Waals surface area (Å²) in [6.45, 7) is 14.1. The Bertz CT molecular complexity index is 1010. The summed E-state index contributed by atoms with van der Waals surface area (Å²) in [6.07, 6.45) is 5.49. The lowest BCUT2D eigenvalue weighted by atomic mass is 9.92. The number of anilines is 1. The third-order valence-corrected chi connectivity index (χ3v) is 5.39. The second-order valence-corrected chi connectivity index (χ2v) is 11.8. The SMILES string of the molecule is CN(C)c1ccc(N=Nc2n(CCCNC(=O)CC(C)(C)C)cc[n+]2CCCNC(=O)OC(C)(C)C)cc1. The van der Waals surface area contributed by atoms with Crippen LogP contribution >= 0.6 is 0 Å². The van der Waals surface area contributed by atoms with E-state index < -0.39 is 11.7 Å². The van der Waals surface area contributed by atoms with E-state index in [4.69, 9.17) is 4.74 Å². The van der Waals surface area contributed by atoms with Crippen molar-refractivity contribution in [3.8, 4) is 0 Å². The van der Waals surface area contributed by atoms with Crippen molar-refractivity contribution < 1.29 is 18.9 Å². The number of imidazole rings is 1. The van der Waals surface area contributed by atoms with Crippen molar-refractivity contribution in [2.75, 3.05) is 32.1 Å². The van der Waals surface area contributed by atoms with Crippen LogP contribution in [0.15, 0.2) is 46.9 Å². The van der Waals surface area contributed by atoms with Crippen LogP contribution in [0.4, 0.5) is 22.1 Å². The highest BCUT2D eigenvalue weighted by Crippen LogP contribution is 2.21. The standard InChI is InChI=1S/C28H45N7O3/c1-27(2,3)21-24(36)29-15-9-17-34-19-20-35(18-10-16-30-26(37)38-28(4,5)6)25(34)32-31-22-11-13-23(14-12-22)33(7)8/h11-14,19-20H,9-10,15-18,21H2,1-8H3,(H-,29,30,36,37)/p+1. The molecule has 38 heavy (non-hydrogen) atoms. The minimum atomic E-state index is -0.527. The van der Waals surface area contributed by atoms with Crippen LogP contribution in [-0.2, 0) is 22.6 Å². The van der Waals surface area contributed by atoms with Crippen LogP contribution in [0.3, 0.4) is 0 Å². The monoisotopic (exact) mass is 528 g/mol. The van der Waals surface area contributed by atoms with Crippen molar-refractivity contribution in [1.29, 1.82) is 0 Å². The maximum atomic E-state index is 12.1. The van der Waals surface area contributed by atoms with Crippen LogP contribution < -0.4 is 20.1 Å². The molecule has 0 unspecified atom stereocenters. The number of nitrogens with one attached hydrogen (secondary N) is 2. The highest BCUT2D eigenvalue weighted by Gasteiger charge is 2.19. The molecule has 0 atom stereocenters. The number of azo groups is 1. The molecule has 2 aromatic rings. The molecule has 0 bridgehead atoms. The van der Waals surface area contributed by atoms with Gasteiger partial charge in [-0.15, -0.1) is 0 Å². The zero-order chi connectivity index (χ0) is 28.3. The van der Waals surface area contributed by atoms with Crippen molar-refractivity contribution in [2.24, 2.45) is 15.6 Å². The summed E-state index contributed by atoms with van der Waals surface area (Å²) in [5.41, 5.74) is 1.29. The molecule has 0 radical (unpaired) electrons. The second kappa shape index (κ2) is 13.9. The van der Waals surface area contributed by atoms with Crippen LogP contribution in [0, 0.1) is 5.41 Å². The molecule has 0 aliphatic heterocycles. The van der Waals surface area contributed by atoms with E-state index >= 15 is 0 Å². The lowest BCUT2D eigenvalue weighted by Crippen LogP contribution is -2.37. The average molecular weight is 529 g/mol. The predicted molar refractivity (Wildman–Crippen MR) is 150 cm³/mol. The summed E-state index contributed by atoms with van der Waals surface area (Å²) in [7, 11) is 3.99. The number of benzene rings is 1. The number of aryl methyl sites for hydroxylation is 2. The second-order valence-electron chi connectivity index (χ2n) is 11.8. The molecule has 2 rings (SSSR count). The predicted octanol–water partition coefficient (Wildman–Crippen LogP) is 5.11. The molecule has 0 saturated carbocycles. The number of carbonyl (C=O) groups excluding carboxylic acids is 2. The van der Waals surface area contributed by atoms with Crippen molar-refractivity contribution >= 4 is 29.3 Å². The third-order valence-electron chi connectivity index (χ3n) is 5.39. The first-order valence-electron chi connectivity index (χ1n) is 13.2. The van der Waals surface area contributed by atoms with E-state index in [9.17, 15) is 9.59 Å². The van der Waals surface area contributed by atoms with Gasteiger partial charge in [0.15, 0.2) is 0 Å². The first kappa shape index (κ1) is 30.8. The summed E-state index contributed by atoms with van der Waals surface area (Å²) in [5, 5.41) is 14.8. The lowest BCUT2D eigenvalue weighted by molar-refractivity contribution is -0.683. The van der Waals surface area contributed by atoms with Gasteiger partial charge in [0.25, 0.3) is 0 Å². The molecule has 10 nitrogen and oxygen atoms in total. The fourth-order valence-electron chi connectivity index (χ4n) is 3.62. The smallest absolute Gasteiger partial charge is 0.421 e. The number of carbonyl (C=O) groups is 2. The largest absolute Gasteiger partial charge is 0.444 e. The normalized spacial score (nSPS) is 12.0. The fraction of sp³-hybridized carbons (Fsp3) is 0.607. The Morgan fingerprint density at radius 3 is 2.24 bits per heavy atom. The Balaban J connectivity index is 2.04. The molecule has 1 aromatic carbocycles. The van der Waals surface area contributed by atoms with Gasteiger partial charge in [0.2, 0.25) is 5.91 Å². The van der Waals surface area contributed by atoms with Crippen molar-refractivity contribution in [3.05, 3.63) is 36.7 Å². The van der Waals surface area contributed by atoms with Crippen LogP contribution in [0.5, 0.6) is 0 Å². The van der Waals surface area contributed by atoms with Gasteiger partial charge >= 0.3 is 12.0 Å². The maximum absolute atomic E-state index is 12.1. The fourth-order valence-corrected chi connectivity index (χ4v) is 3.62. The number of ether oxygens (including phenoxy) is 1. The van der Waals surface area contributed by atoms with Gasteiger partial charge in [-0.3, -0.25) is 4.79 Å². The minimum Gasteiger partial charge on any atom is -0.444 e. The van der Waals surface area contributed by atoms with Crippen LogP contribution in [0.25, 0.3) is 0 Å². The summed E-state index contributed by atoms with van der Waals surface area (Å²) < 4.78 is 9.36. The molecule has 1 aromatic heterocycles. The molecule has 0 spiro atoms. The number of nitrogens with zero attached hydrogens (tertiary/aromatic N) is 5. The van der Waals surface area contributed by atoms with Crippen molar-refractivity contribution in [3.63, 3.8) is 0 Å². The van der Waals surface area contributed by atoms with Crippen molar-refractivity contribution in [1.82, 2.24) is 15.2 Å². The van der Waals surface area contributed by atoms with Gasteiger partial charge < -0.3 is 20.3 Å². The summed E-state index contributed by atoms with van der Waals surface area (Å²) >= 11 is 0. The van der Waals surface area contributed by atoms with Gasteiger partial charge in [0.1, 0.15) is 11.3 Å². The topological polar surface area (TPSA) is 104 Å². The van der Waals surface area contributed by atoms with E-state index in [1.165, 1.54) is 0 Å². The maximum Gasteiger partial charge on any atom is 0.421 e. The average Bonchev–Trinajstić information content (AvgIpc) is 3.17. The highest BCUT2D eigenvalue weighted by atomic mass is 16.6. The van der Waals surface area contributed by atoms with Crippen molar-refractivity contribution in [2.45, 2.75) is 79.5 Å². The van der Waals surface area contributed by atoms with Gasteiger partial charge in [-0.1, -0.05) is 25.9 Å². The van der Waals surface area contributed by atoms with E-state index in [1.54, 1.807) is 0 Å². The van der Waals surface area contributed by atoms with E-state index in [0.717, 1.165) is 17.8 Å². The van der Waals surface area contributed by atoms with E-state index in [1.807, 2.05) is 85.6 Å². The molecule has 0 aliphatic rings. The van der Waals surface area contributed by atoms with E-state index in [0.29, 0.717) is 45.0 Å². The first-order valence-corrected chi connectivity index (χ1v) is 13.2. The number of hydrogen-bond donors (Lipinski definition) is 2. The molecule has 210 valence electrons. The Morgan fingerprint density at radius 2 is 1.63 bits per heavy atom. The highest BCUT2D eigenvalue weighted by molar-refractivity contribution is 5.76. The van der Waals surface area contributed by atoms with Crippen LogP contribution in [0.1, 0.15) is 60.8 Å². The van der Waals surface area contributed by atoms with E-state index in [-0.39, 0.29) is 11.3 Å². The first-order chi connectivity index (χ1) is 17.7. The Kier molecular flexibility index (Phi) is 11.3. The van der Waals surface area contributed by atoms with Gasteiger partial charge in [0.05, 0.1) is 25.5 Å². The lowest BCUT2D eigenvalue weighted by Gasteiger charge is -2.19. The number of amides is 2. The summed E-state index contributed by atoms with van der Waals surface area (Å²) in [6, 6.07) is 7.88. The van der Waals surface area contributed by atoms with E-state index in [2.05, 4.69) is 41.6 Å². The Labute approximate surface area is 227 Å². The Hall–Kier alpha value is -3.43. The molecule has 2 N–H and O–H groups in total. The zero-order valence-corrected chi connectivity index (χ0v) is 24.4. The molecule has 1 heterocycles. The molecule has 2 amide bonds. The number of alkyl carbamates (subject to hydrolysis) is 1. The number of rotatable bonds is 12. The Morgan fingerprint density at radius 1 is 0.974 bits per heavy atom. The van der Waals surface area contributed by atoms with Gasteiger partial charge in [-0.25, -0.2) is 13.9 Å². The third kappa shape index (κ3) is 11.7.